The van der Waals surface area contributed by atoms with Crippen LogP contribution in [-0.4, -0.2) is 24.9 Å². The van der Waals surface area contributed by atoms with Crippen LogP contribution in [0, 0.1) is 5.92 Å². The molecule has 1 aliphatic rings. The average molecular weight is 213 g/mol. The van der Waals surface area contributed by atoms with Crippen LogP contribution in [0.5, 0.6) is 0 Å². The van der Waals surface area contributed by atoms with Crippen LogP contribution in [0.25, 0.3) is 0 Å². The first-order valence-electron chi connectivity index (χ1n) is 4.76. The topological polar surface area (TPSA) is 12.0 Å². The molecule has 5 heteroatoms. The van der Waals surface area contributed by atoms with Crippen LogP contribution < -0.4 is 5.32 Å². The Bertz CT molecular complexity index is 203. The molecule has 3 unspecified atom stereocenters. The Morgan fingerprint density at radius 2 is 2.00 bits per heavy atom. The van der Waals surface area contributed by atoms with E-state index in [-0.39, 0.29) is 0 Å². The molecule has 1 fully saturated rings. The number of nitrogens with one attached hydrogen (secondary N) is 1. The van der Waals surface area contributed by atoms with E-state index in [2.05, 4.69) is 5.32 Å². The van der Waals surface area contributed by atoms with Crippen molar-refractivity contribution in [3.63, 3.8) is 0 Å². The zero-order valence-corrected chi connectivity index (χ0v) is 8.29. The summed E-state index contributed by atoms with van der Waals surface area (Å²) in [6.45, 7) is 1.59. The Labute approximate surface area is 80.9 Å². The van der Waals surface area contributed by atoms with Gasteiger partial charge >= 0.3 is 6.18 Å². The van der Waals surface area contributed by atoms with Crippen LogP contribution in [0.15, 0.2) is 0 Å². The Morgan fingerprint density at radius 1 is 1.43 bits per heavy atom. The summed E-state index contributed by atoms with van der Waals surface area (Å²) in [5.41, 5.74) is -2.99. The minimum Gasteiger partial charge on any atom is -0.317 e. The average Bonchev–Trinajstić information content (AvgIpc) is 2.46. The highest BCUT2D eigenvalue weighted by Gasteiger charge is 2.63. The van der Waals surface area contributed by atoms with Crippen molar-refractivity contribution in [2.75, 3.05) is 7.05 Å². The Balaban J connectivity index is 2.86. The van der Waals surface area contributed by atoms with Crippen LogP contribution in [0.3, 0.4) is 0 Å². The molecule has 0 amide bonds. The molecule has 0 aromatic heterocycles. The van der Waals surface area contributed by atoms with E-state index < -0.39 is 30.2 Å². The van der Waals surface area contributed by atoms with Crippen LogP contribution in [0.4, 0.5) is 17.6 Å². The summed E-state index contributed by atoms with van der Waals surface area (Å²) in [6.07, 6.45) is -4.52. The first-order chi connectivity index (χ1) is 6.33. The van der Waals surface area contributed by atoms with Crippen molar-refractivity contribution in [3.05, 3.63) is 0 Å². The molecule has 0 radical (unpaired) electrons. The smallest absolute Gasteiger partial charge is 0.317 e. The molecule has 0 bridgehead atoms. The third-order valence-electron chi connectivity index (χ3n) is 3.17. The highest BCUT2D eigenvalue weighted by atomic mass is 19.4. The van der Waals surface area contributed by atoms with Crippen LogP contribution in [-0.2, 0) is 0 Å². The first kappa shape index (κ1) is 11.8. The van der Waals surface area contributed by atoms with Crippen molar-refractivity contribution < 1.29 is 17.6 Å². The van der Waals surface area contributed by atoms with E-state index in [0.717, 1.165) is 0 Å². The molecule has 0 heterocycles. The molecular weight excluding hydrogens is 198 g/mol. The van der Waals surface area contributed by atoms with Gasteiger partial charge in [-0.05, 0) is 33.2 Å². The van der Waals surface area contributed by atoms with Crippen molar-refractivity contribution in [2.45, 2.75) is 44.1 Å². The largest absolute Gasteiger partial charge is 0.422 e. The van der Waals surface area contributed by atoms with Gasteiger partial charge in [-0.2, -0.15) is 13.2 Å². The fraction of sp³-hybridized carbons (Fsp3) is 1.00. The summed E-state index contributed by atoms with van der Waals surface area (Å²) in [5.74, 6) is -0.951. The second kappa shape index (κ2) is 3.68. The zero-order chi connectivity index (χ0) is 11.0. The van der Waals surface area contributed by atoms with Crippen LogP contribution in [0.1, 0.15) is 26.2 Å². The number of alkyl halides is 4. The van der Waals surface area contributed by atoms with Gasteiger partial charge in [-0.3, -0.25) is 0 Å². The Kier molecular flexibility index (Phi) is 3.09. The van der Waals surface area contributed by atoms with Gasteiger partial charge in [0.15, 0.2) is 0 Å². The van der Waals surface area contributed by atoms with E-state index >= 15 is 0 Å². The van der Waals surface area contributed by atoms with Gasteiger partial charge in [-0.15, -0.1) is 0 Å². The van der Waals surface area contributed by atoms with E-state index in [4.69, 9.17) is 0 Å². The number of halogens is 4. The van der Waals surface area contributed by atoms with Crippen molar-refractivity contribution in [1.29, 1.82) is 0 Å². The maximum atomic E-state index is 13.8. The third-order valence-corrected chi connectivity index (χ3v) is 3.17. The van der Waals surface area contributed by atoms with Crippen molar-refractivity contribution in [1.82, 2.24) is 5.32 Å². The molecule has 14 heavy (non-hydrogen) atoms. The summed E-state index contributed by atoms with van der Waals surface area (Å²) in [5, 5.41) is 2.69. The first-order valence-corrected chi connectivity index (χ1v) is 4.76. The second-order valence-electron chi connectivity index (χ2n) is 3.94. The van der Waals surface area contributed by atoms with Gasteiger partial charge in [-0.1, -0.05) is 0 Å². The molecule has 0 aromatic carbocycles. The highest BCUT2D eigenvalue weighted by Crippen LogP contribution is 2.50. The second-order valence-corrected chi connectivity index (χ2v) is 3.94. The van der Waals surface area contributed by atoms with Gasteiger partial charge in [0.05, 0.1) is 0 Å². The molecular formula is C9H15F4N. The highest BCUT2D eigenvalue weighted by molar-refractivity contribution is 5.01. The quantitative estimate of drug-likeness (QED) is 0.695. The van der Waals surface area contributed by atoms with Crippen LogP contribution >= 0.6 is 0 Å². The molecule has 1 saturated carbocycles. The van der Waals surface area contributed by atoms with E-state index in [9.17, 15) is 17.6 Å². The van der Waals surface area contributed by atoms with E-state index in [1.807, 2.05) is 0 Å². The lowest BCUT2D eigenvalue weighted by molar-refractivity contribution is -0.244. The fourth-order valence-corrected chi connectivity index (χ4v) is 2.19. The summed E-state index contributed by atoms with van der Waals surface area (Å²) in [7, 11) is 1.56. The molecule has 1 aliphatic carbocycles. The van der Waals surface area contributed by atoms with E-state index in [1.54, 1.807) is 14.0 Å². The number of hydrogen-bond donors (Lipinski definition) is 1. The molecule has 0 spiro atoms. The molecule has 1 N–H and O–H groups in total. The number of rotatable bonds is 2. The summed E-state index contributed by atoms with van der Waals surface area (Å²) >= 11 is 0. The lowest BCUT2D eigenvalue weighted by Crippen LogP contribution is -2.50. The van der Waals surface area contributed by atoms with Crippen molar-refractivity contribution in [2.24, 2.45) is 5.92 Å². The standard InChI is InChI=1S/C9H15F4N/c1-6(14-2)7-4-3-5-8(7,10)9(11,12)13/h6-7,14H,3-5H2,1-2H3. The molecule has 0 aliphatic heterocycles. The molecule has 1 rings (SSSR count). The zero-order valence-electron chi connectivity index (χ0n) is 8.29. The van der Waals surface area contributed by atoms with Crippen molar-refractivity contribution >= 4 is 0 Å². The number of hydrogen-bond acceptors (Lipinski definition) is 1. The molecule has 0 saturated heterocycles. The monoisotopic (exact) mass is 213 g/mol. The minimum atomic E-state index is -4.74. The van der Waals surface area contributed by atoms with Gasteiger partial charge in [0.25, 0.3) is 0 Å². The molecule has 84 valence electrons. The van der Waals surface area contributed by atoms with Gasteiger partial charge in [0.2, 0.25) is 5.67 Å². The maximum absolute atomic E-state index is 13.8. The third kappa shape index (κ3) is 1.74. The Hall–Kier alpha value is -0.320. The van der Waals surface area contributed by atoms with Gasteiger partial charge in [-0.25, -0.2) is 4.39 Å². The summed E-state index contributed by atoms with van der Waals surface area (Å²) < 4.78 is 51.2. The Morgan fingerprint density at radius 3 is 2.43 bits per heavy atom. The van der Waals surface area contributed by atoms with Crippen molar-refractivity contribution in [3.8, 4) is 0 Å². The fourth-order valence-electron chi connectivity index (χ4n) is 2.19. The molecule has 3 atom stereocenters. The van der Waals surface area contributed by atoms with Gasteiger partial charge < -0.3 is 5.32 Å². The lowest BCUT2D eigenvalue weighted by atomic mass is 9.86. The van der Waals surface area contributed by atoms with Gasteiger partial charge in [0.1, 0.15) is 0 Å². The summed E-state index contributed by atoms with van der Waals surface area (Å²) in [6, 6.07) is -0.441. The lowest BCUT2D eigenvalue weighted by Gasteiger charge is -2.33. The predicted octanol–water partition coefficient (Wildman–Crippen LogP) is 2.67. The normalized spacial score (nSPS) is 36.0. The van der Waals surface area contributed by atoms with E-state index in [0.29, 0.717) is 12.8 Å². The molecule has 0 aromatic rings. The van der Waals surface area contributed by atoms with Crippen LogP contribution in [0.2, 0.25) is 0 Å². The minimum absolute atomic E-state index is 0.304. The van der Waals surface area contributed by atoms with Gasteiger partial charge in [0, 0.05) is 12.0 Å². The SMILES string of the molecule is CNC(C)C1CCCC1(F)C(F)(F)F. The maximum Gasteiger partial charge on any atom is 0.422 e. The summed E-state index contributed by atoms with van der Waals surface area (Å²) in [4.78, 5) is 0. The predicted molar refractivity (Wildman–Crippen MR) is 45.8 cm³/mol. The van der Waals surface area contributed by atoms with E-state index in [1.165, 1.54) is 0 Å². The molecule has 1 nitrogen and oxygen atoms in total.